The number of nitrogens with one attached hydrogen (secondary N) is 1. The van der Waals surface area contributed by atoms with Crippen molar-refractivity contribution in [3.63, 3.8) is 0 Å². The molecule has 0 aromatic carbocycles. The first-order valence-electron chi connectivity index (χ1n) is 7.74. The number of aliphatic carboxylic acids is 1. The maximum absolute atomic E-state index is 12.0. The minimum absolute atomic E-state index is 0.0309. The third-order valence-electron chi connectivity index (χ3n) is 5.10. The Morgan fingerprint density at radius 1 is 1.30 bits per heavy atom. The summed E-state index contributed by atoms with van der Waals surface area (Å²) in [5, 5.41) is 11.9. The molecule has 114 valence electrons. The van der Waals surface area contributed by atoms with Crippen molar-refractivity contribution in [2.45, 2.75) is 39.5 Å². The second-order valence-corrected chi connectivity index (χ2v) is 6.50. The molecule has 0 bridgehead atoms. The molecule has 0 aromatic rings. The molecule has 2 fully saturated rings. The van der Waals surface area contributed by atoms with Crippen LogP contribution in [0.2, 0.25) is 0 Å². The second kappa shape index (κ2) is 6.46. The van der Waals surface area contributed by atoms with E-state index in [1.807, 2.05) is 0 Å². The van der Waals surface area contributed by atoms with Gasteiger partial charge in [-0.1, -0.05) is 33.1 Å². The van der Waals surface area contributed by atoms with E-state index in [-0.39, 0.29) is 17.9 Å². The second-order valence-electron chi connectivity index (χ2n) is 6.50. The van der Waals surface area contributed by atoms with E-state index in [1.165, 1.54) is 25.7 Å². The molecule has 1 aliphatic carbocycles. The van der Waals surface area contributed by atoms with E-state index < -0.39 is 5.97 Å². The molecule has 1 saturated heterocycles. The Hall–Kier alpha value is -1.26. The lowest BCUT2D eigenvalue weighted by atomic mass is 9.80. The van der Waals surface area contributed by atoms with Crippen molar-refractivity contribution in [2.75, 3.05) is 19.6 Å². The van der Waals surface area contributed by atoms with Crippen LogP contribution in [0, 0.1) is 23.7 Å². The maximum Gasteiger partial charge on any atom is 0.317 e. The van der Waals surface area contributed by atoms with Gasteiger partial charge in [-0.05, 0) is 18.3 Å². The molecule has 1 saturated carbocycles. The van der Waals surface area contributed by atoms with Gasteiger partial charge in [-0.3, -0.25) is 4.79 Å². The number of carboxylic acids is 1. The number of amides is 2. The van der Waals surface area contributed by atoms with E-state index in [2.05, 4.69) is 12.2 Å². The molecule has 3 unspecified atom stereocenters. The molecule has 2 N–H and O–H groups in total. The van der Waals surface area contributed by atoms with E-state index in [4.69, 9.17) is 5.11 Å². The summed E-state index contributed by atoms with van der Waals surface area (Å²) in [7, 11) is 0. The van der Waals surface area contributed by atoms with Crippen LogP contribution in [-0.2, 0) is 4.79 Å². The predicted molar refractivity (Wildman–Crippen MR) is 76.4 cm³/mol. The van der Waals surface area contributed by atoms with Crippen molar-refractivity contribution >= 4 is 12.0 Å². The quantitative estimate of drug-likeness (QED) is 0.830. The molecule has 1 aliphatic heterocycles. The van der Waals surface area contributed by atoms with Crippen molar-refractivity contribution in [1.29, 1.82) is 0 Å². The molecule has 0 radical (unpaired) electrons. The van der Waals surface area contributed by atoms with E-state index in [0.717, 1.165) is 6.54 Å². The standard InChI is InChI=1S/C15H26N2O3/c1-10-5-3-4-6-12(10)7-16-15(20)17-8-13(9-17)11(2)14(18)19/h10-13H,3-9H2,1-2H3,(H,16,20)(H,18,19). The van der Waals surface area contributed by atoms with E-state index in [0.29, 0.717) is 24.9 Å². The number of rotatable bonds is 4. The van der Waals surface area contributed by atoms with Crippen LogP contribution >= 0.6 is 0 Å². The van der Waals surface area contributed by atoms with Crippen molar-refractivity contribution in [1.82, 2.24) is 10.2 Å². The third-order valence-corrected chi connectivity index (χ3v) is 5.10. The van der Waals surface area contributed by atoms with Gasteiger partial charge in [0.05, 0.1) is 5.92 Å². The summed E-state index contributed by atoms with van der Waals surface area (Å²) in [6.07, 6.45) is 5.06. The smallest absolute Gasteiger partial charge is 0.317 e. The van der Waals surface area contributed by atoms with Gasteiger partial charge in [0.25, 0.3) is 0 Å². The first kappa shape index (κ1) is 15.1. The molecule has 2 aliphatic rings. The van der Waals surface area contributed by atoms with Crippen LogP contribution in [0.15, 0.2) is 0 Å². The number of urea groups is 1. The fraction of sp³-hybridized carbons (Fsp3) is 0.867. The Balaban J connectivity index is 1.68. The summed E-state index contributed by atoms with van der Waals surface area (Å²) < 4.78 is 0. The highest BCUT2D eigenvalue weighted by molar-refractivity contribution is 5.76. The number of carboxylic acid groups (broad SMARTS) is 1. The van der Waals surface area contributed by atoms with Crippen LogP contribution in [0.5, 0.6) is 0 Å². The van der Waals surface area contributed by atoms with Gasteiger partial charge in [-0.2, -0.15) is 0 Å². The maximum atomic E-state index is 12.0. The molecule has 5 nitrogen and oxygen atoms in total. The lowest BCUT2D eigenvalue weighted by Gasteiger charge is -2.41. The monoisotopic (exact) mass is 282 g/mol. The molecule has 0 spiro atoms. The zero-order valence-corrected chi connectivity index (χ0v) is 12.5. The summed E-state index contributed by atoms with van der Waals surface area (Å²) in [6.45, 7) is 5.88. The summed E-state index contributed by atoms with van der Waals surface area (Å²) in [6, 6.07) is -0.0309. The van der Waals surface area contributed by atoms with Gasteiger partial charge in [0.1, 0.15) is 0 Å². The normalized spacial score (nSPS) is 28.6. The highest BCUT2D eigenvalue weighted by atomic mass is 16.4. The lowest BCUT2D eigenvalue weighted by Crippen LogP contribution is -2.57. The number of carbonyl (C=O) groups is 2. The third kappa shape index (κ3) is 3.44. The Bertz CT molecular complexity index is 366. The van der Waals surface area contributed by atoms with Gasteiger partial charge in [-0.15, -0.1) is 0 Å². The van der Waals surface area contributed by atoms with Gasteiger partial charge in [0.15, 0.2) is 0 Å². The first-order chi connectivity index (χ1) is 9.49. The molecular formula is C15H26N2O3. The van der Waals surface area contributed by atoms with Crippen molar-refractivity contribution < 1.29 is 14.7 Å². The molecule has 0 aromatic heterocycles. The van der Waals surface area contributed by atoms with Crippen molar-refractivity contribution in [3.8, 4) is 0 Å². The van der Waals surface area contributed by atoms with E-state index in [9.17, 15) is 9.59 Å². The zero-order valence-electron chi connectivity index (χ0n) is 12.5. The average molecular weight is 282 g/mol. The molecular weight excluding hydrogens is 256 g/mol. The van der Waals surface area contributed by atoms with E-state index in [1.54, 1.807) is 11.8 Å². The largest absolute Gasteiger partial charge is 0.481 e. The molecule has 20 heavy (non-hydrogen) atoms. The molecule has 1 heterocycles. The number of likely N-dealkylation sites (tertiary alicyclic amines) is 1. The fourth-order valence-electron chi connectivity index (χ4n) is 3.22. The topological polar surface area (TPSA) is 69.6 Å². The SMILES string of the molecule is CC1CCCCC1CNC(=O)N1CC(C(C)C(=O)O)C1. The van der Waals surface area contributed by atoms with Gasteiger partial charge >= 0.3 is 12.0 Å². The van der Waals surface area contributed by atoms with Crippen LogP contribution < -0.4 is 5.32 Å². The average Bonchev–Trinajstić information content (AvgIpc) is 2.35. The number of hydrogen-bond acceptors (Lipinski definition) is 2. The van der Waals surface area contributed by atoms with Gasteiger partial charge in [0, 0.05) is 25.6 Å². The lowest BCUT2D eigenvalue weighted by molar-refractivity contribution is -0.144. The highest BCUT2D eigenvalue weighted by Gasteiger charge is 2.37. The Labute approximate surface area is 120 Å². The molecule has 2 amide bonds. The minimum atomic E-state index is -0.772. The molecule has 2 rings (SSSR count). The first-order valence-corrected chi connectivity index (χ1v) is 7.74. The van der Waals surface area contributed by atoms with Crippen LogP contribution in [0.4, 0.5) is 4.79 Å². The summed E-state index contributed by atoms with van der Waals surface area (Å²) in [5.41, 5.74) is 0. The number of hydrogen-bond donors (Lipinski definition) is 2. The predicted octanol–water partition coefficient (Wildman–Crippen LogP) is 2.17. The fourth-order valence-corrected chi connectivity index (χ4v) is 3.22. The Morgan fingerprint density at radius 2 is 1.95 bits per heavy atom. The van der Waals surface area contributed by atoms with Gasteiger partial charge in [-0.25, -0.2) is 4.79 Å². The molecule has 5 heteroatoms. The number of carbonyl (C=O) groups excluding carboxylic acids is 1. The zero-order chi connectivity index (χ0) is 14.7. The van der Waals surface area contributed by atoms with Crippen LogP contribution in [0.3, 0.4) is 0 Å². The van der Waals surface area contributed by atoms with Crippen LogP contribution in [-0.4, -0.2) is 41.6 Å². The van der Waals surface area contributed by atoms with Crippen LogP contribution in [0.1, 0.15) is 39.5 Å². The Morgan fingerprint density at radius 3 is 2.55 bits per heavy atom. The Kier molecular flexibility index (Phi) is 4.89. The number of nitrogens with zero attached hydrogens (tertiary/aromatic N) is 1. The minimum Gasteiger partial charge on any atom is -0.481 e. The van der Waals surface area contributed by atoms with Crippen molar-refractivity contribution in [2.24, 2.45) is 23.7 Å². The summed E-state index contributed by atoms with van der Waals surface area (Å²) >= 11 is 0. The van der Waals surface area contributed by atoms with Gasteiger partial charge in [0.2, 0.25) is 0 Å². The summed E-state index contributed by atoms with van der Waals surface area (Å²) in [4.78, 5) is 24.6. The van der Waals surface area contributed by atoms with Crippen LogP contribution in [0.25, 0.3) is 0 Å². The highest BCUT2D eigenvalue weighted by Crippen LogP contribution is 2.29. The van der Waals surface area contributed by atoms with E-state index >= 15 is 0 Å². The van der Waals surface area contributed by atoms with Gasteiger partial charge < -0.3 is 15.3 Å². The molecule has 3 atom stereocenters. The summed E-state index contributed by atoms with van der Waals surface area (Å²) in [5.74, 6) is 0.262. The van der Waals surface area contributed by atoms with Crippen molar-refractivity contribution in [3.05, 3.63) is 0 Å².